The second-order valence-electron chi connectivity index (χ2n) is 6.37. The fourth-order valence-corrected chi connectivity index (χ4v) is 2.75. The quantitative estimate of drug-likeness (QED) is 0.880. The van der Waals surface area contributed by atoms with Gasteiger partial charge in [0.15, 0.2) is 5.67 Å². The Kier molecular flexibility index (Phi) is 5.73. The lowest BCUT2D eigenvalue weighted by Crippen LogP contribution is -2.49. The van der Waals surface area contributed by atoms with Gasteiger partial charge in [-0.05, 0) is 25.0 Å². The highest BCUT2D eigenvalue weighted by Gasteiger charge is 2.38. The maximum Gasteiger partial charge on any atom is 0.260 e. The summed E-state index contributed by atoms with van der Waals surface area (Å²) in [5, 5.41) is 10.4. The minimum atomic E-state index is -2.03. The molecule has 0 saturated carbocycles. The summed E-state index contributed by atoms with van der Waals surface area (Å²) in [6, 6.07) is 17.6. The molecule has 3 atom stereocenters. The third kappa shape index (κ3) is 4.20. The summed E-state index contributed by atoms with van der Waals surface area (Å²) in [5.74, 6) is -0.631. The van der Waals surface area contributed by atoms with Gasteiger partial charge in [-0.3, -0.25) is 4.79 Å². The van der Waals surface area contributed by atoms with Crippen molar-refractivity contribution in [3.05, 3.63) is 71.8 Å². The first-order valence-corrected chi connectivity index (χ1v) is 8.06. The summed E-state index contributed by atoms with van der Waals surface area (Å²) in [4.78, 5) is 13.9. The predicted octanol–water partition coefficient (Wildman–Crippen LogP) is 3.54. The van der Waals surface area contributed by atoms with Crippen molar-refractivity contribution in [1.29, 1.82) is 0 Å². The predicted molar refractivity (Wildman–Crippen MR) is 93.3 cm³/mol. The zero-order valence-corrected chi connectivity index (χ0v) is 14.3. The van der Waals surface area contributed by atoms with Crippen LogP contribution in [0.5, 0.6) is 0 Å². The molecule has 0 fully saturated rings. The minimum absolute atomic E-state index is 0.00512. The van der Waals surface area contributed by atoms with E-state index >= 15 is 0 Å². The average Bonchev–Trinajstić information content (AvgIpc) is 2.60. The van der Waals surface area contributed by atoms with E-state index in [0.29, 0.717) is 5.56 Å². The molecule has 2 aromatic rings. The van der Waals surface area contributed by atoms with E-state index in [2.05, 4.69) is 0 Å². The Labute approximate surface area is 142 Å². The molecule has 4 heteroatoms. The van der Waals surface area contributed by atoms with Gasteiger partial charge in [0, 0.05) is 13.5 Å². The Bertz CT molecular complexity index is 658. The Balaban J connectivity index is 2.09. The molecule has 1 N–H and O–H groups in total. The summed E-state index contributed by atoms with van der Waals surface area (Å²) >= 11 is 0. The molecule has 1 unspecified atom stereocenters. The Morgan fingerprint density at radius 3 is 2.17 bits per heavy atom. The van der Waals surface area contributed by atoms with Crippen molar-refractivity contribution < 1.29 is 14.3 Å². The number of hydrogen-bond acceptors (Lipinski definition) is 2. The van der Waals surface area contributed by atoms with Crippen molar-refractivity contribution in [3.8, 4) is 0 Å². The number of rotatable bonds is 6. The molecule has 128 valence electrons. The number of hydrogen-bond donors (Lipinski definition) is 1. The first kappa shape index (κ1) is 18.1. The molecule has 0 aliphatic carbocycles. The lowest BCUT2D eigenvalue weighted by molar-refractivity contribution is -0.145. The van der Waals surface area contributed by atoms with Gasteiger partial charge in [0.25, 0.3) is 5.91 Å². The number of aliphatic hydroxyl groups excluding tert-OH is 1. The number of likely N-dealkylation sites (N-methyl/N-ethyl adjacent to an activating group) is 1. The van der Waals surface area contributed by atoms with E-state index in [4.69, 9.17) is 0 Å². The first-order chi connectivity index (χ1) is 11.3. The molecule has 2 rings (SSSR count). The fraction of sp³-hybridized carbons (Fsp3) is 0.350. The van der Waals surface area contributed by atoms with Gasteiger partial charge in [-0.2, -0.15) is 0 Å². The average molecular weight is 329 g/mol. The normalized spacial score (nSPS) is 16.0. The standard InChI is InChI=1S/C20H24FNO2/c1-15(18(23)17-12-8-5-9-13-17)22(3)19(24)20(2,21)14-16-10-6-4-7-11-16/h4-13,15,18,23H,14H2,1-3H3/t15-,18+,20?/m0/s1. The van der Waals surface area contributed by atoms with Crippen molar-refractivity contribution in [1.82, 2.24) is 4.90 Å². The first-order valence-electron chi connectivity index (χ1n) is 8.06. The number of nitrogens with zero attached hydrogens (tertiary/aromatic N) is 1. The number of alkyl halides is 1. The van der Waals surface area contributed by atoms with Gasteiger partial charge in [0.2, 0.25) is 0 Å². The summed E-state index contributed by atoms with van der Waals surface area (Å²) in [6.07, 6.45) is -0.863. The highest BCUT2D eigenvalue weighted by molar-refractivity contribution is 5.85. The number of halogens is 1. The summed E-state index contributed by atoms with van der Waals surface area (Å²) in [7, 11) is 1.53. The number of carbonyl (C=O) groups is 1. The van der Waals surface area contributed by atoms with E-state index in [-0.39, 0.29) is 6.42 Å². The second-order valence-corrected chi connectivity index (χ2v) is 6.37. The lowest BCUT2D eigenvalue weighted by atomic mass is 9.95. The molecule has 0 spiro atoms. The lowest BCUT2D eigenvalue weighted by Gasteiger charge is -2.33. The number of carbonyl (C=O) groups excluding carboxylic acids is 1. The molecular weight excluding hydrogens is 305 g/mol. The monoisotopic (exact) mass is 329 g/mol. The molecule has 24 heavy (non-hydrogen) atoms. The number of aliphatic hydroxyl groups is 1. The van der Waals surface area contributed by atoms with Crippen molar-refractivity contribution in [2.24, 2.45) is 0 Å². The van der Waals surface area contributed by atoms with E-state index < -0.39 is 23.7 Å². The Hall–Kier alpha value is -2.20. The molecule has 0 radical (unpaired) electrons. The van der Waals surface area contributed by atoms with Crippen LogP contribution < -0.4 is 0 Å². The third-order valence-corrected chi connectivity index (χ3v) is 4.35. The van der Waals surface area contributed by atoms with Crippen LogP contribution in [0.2, 0.25) is 0 Å². The smallest absolute Gasteiger partial charge is 0.260 e. The van der Waals surface area contributed by atoms with E-state index in [0.717, 1.165) is 5.56 Å². The molecule has 0 heterocycles. The Morgan fingerprint density at radius 1 is 1.12 bits per heavy atom. The zero-order chi connectivity index (χ0) is 17.7. The van der Waals surface area contributed by atoms with Crippen LogP contribution >= 0.6 is 0 Å². The van der Waals surface area contributed by atoms with Crippen LogP contribution in [0.25, 0.3) is 0 Å². The molecule has 0 bridgehead atoms. The number of benzene rings is 2. The van der Waals surface area contributed by atoms with E-state index in [1.165, 1.54) is 18.9 Å². The van der Waals surface area contributed by atoms with Crippen molar-refractivity contribution in [3.63, 3.8) is 0 Å². The second kappa shape index (κ2) is 7.58. The largest absolute Gasteiger partial charge is 0.386 e. The summed E-state index contributed by atoms with van der Waals surface area (Å²) in [5.41, 5.74) is -0.561. The summed E-state index contributed by atoms with van der Waals surface area (Å²) < 4.78 is 15.0. The van der Waals surface area contributed by atoms with Gasteiger partial charge in [0.1, 0.15) is 0 Å². The topological polar surface area (TPSA) is 40.5 Å². The number of amides is 1. The van der Waals surface area contributed by atoms with E-state index in [1.807, 2.05) is 36.4 Å². The minimum Gasteiger partial charge on any atom is -0.386 e. The highest BCUT2D eigenvalue weighted by atomic mass is 19.1. The van der Waals surface area contributed by atoms with Gasteiger partial charge in [0.05, 0.1) is 12.1 Å². The van der Waals surface area contributed by atoms with Crippen LogP contribution in [0, 0.1) is 0 Å². The van der Waals surface area contributed by atoms with Crippen LogP contribution in [-0.4, -0.2) is 34.7 Å². The Morgan fingerprint density at radius 2 is 1.62 bits per heavy atom. The van der Waals surface area contributed by atoms with Crippen LogP contribution in [0.15, 0.2) is 60.7 Å². The maximum absolute atomic E-state index is 15.0. The van der Waals surface area contributed by atoms with Gasteiger partial charge in [-0.25, -0.2) is 4.39 Å². The van der Waals surface area contributed by atoms with Crippen LogP contribution in [-0.2, 0) is 11.2 Å². The molecule has 0 aromatic heterocycles. The highest BCUT2D eigenvalue weighted by Crippen LogP contribution is 2.25. The zero-order valence-electron chi connectivity index (χ0n) is 14.3. The molecule has 0 saturated heterocycles. The van der Waals surface area contributed by atoms with Crippen LogP contribution in [0.1, 0.15) is 31.1 Å². The van der Waals surface area contributed by atoms with Crippen molar-refractivity contribution in [2.75, 3.05) is 7.05 Å². The third-order valence-electron chi connectivity index (χ3n) is 4.35. The van der Waals surface area contributed by atoms with E-state index in [1.54, 1.807) is 31.2 Å². The molecule has 2 aromatic carbocycles. The van der Waals surface area contributed by atoms with Crippen molar-refractivity contribution in [2.45, 2.75) is 38.1 Å². The van der Waals surface area contributed by atoms with E-state index in [9.17, 15) is 14.3 Å². The van der Waals surface area contributed by atoms with Gasteiger partial charge in [-0.1, -0.05) is 60.7 Å². The fourth-order valence-electron chi connectivity index (χ4n) is 2.75. The van der Waals surface area contributed by atoms with Gasteiger partial charge < -0.3 is 10.0 Å². The molecular formula is C20H24FNO2. The maximum atomic E-state index is 15.0. The molecule has 0 aliphatic heterocycles. The van der Waals surface area contributed by atoms with Crippen molar-refractivity contribution >= 4 is 5.91 Å². The van der Waals surface area contributed by atoms with Crippen LogP contribution in [0.3, 0.4) is 0 Å². The van der Waals surface area contributed by atoms with Crippen LogP contribution in [0.4, 0.5) is 4.39 Å². The SMILES string of the molecule is C[C@@H]([C@@H](O)c1ccccc1)N(C)C(=O)C(C)(F)Cc1ccccc1. The molecule has 0 aliphatic rings. The van der Waals surface area contributed by atoms with Gasteiger partial charge >= 0.3 is 0 Å². The summed E-state index contributed by atoms with van der Waals surface area (Å²) in [6.45, 7) is 3.01. The van der Waals surface area contributed by atoms with Gasteiger partial charge in [-0.15, -0.1) is 0 Å². The molecule has 3 nitrogen and oxygen atoms in total. The molecule has 1 amide bonds.